The molecule has 0 bridgehead atoms. The van der Waals surface area contributed by atoms with Crippen LogP contribution in [0, 0.1) is 13.8 Å². The Bertz CT molecular complexity index is 1140. The zero-order valence-corrected chi connectivity index (χ0v) is 21.1. The number of halogens is 1. The van der Waals surface area contributed by atoms with Crippen molar-refractivity contribution in [1.29, 1.82) is 0 Å². The predicted molar refractivity (Wildman–Crippen MR) is 133 cm³/mol. The molecule has 0 aliphatic rings. The molecule has 3 rings (SSSR count). The number of rotatable bonds is 7. The SMILES string of the molecule is COC(=O)c1c(NC(=O)COc2cc(C)c(Br)cc2C(C)C)sc(C)c1-c1ccccc1. The molecular weight excluding hydrogens is 490 g/mol. The van der Waals surface area contributed by atoms with Gasteiger partial charge in [-0.25, -0.2) is 4.79 Å². The van der Waals surface area contributed by atoms with Crippen molar-refractivity contribution >= 4 is 44.1 Å². The molecule has 0 saturated heterocycles. The number of benzene rings is 2. The summed E-state index contributed by atoms with van der Waals surface area (Å²) in [5.74, 6) is 0.0852. The smallest absolute Gasteiger partial charge is 0.341 e. The van der Waals surface area contributed by atoms with Gasteiger partial charge in [-0.2, -0.15) is 0 Å². The molecule has 5 nitrogen and oxygen atoms in total. The minimum Gasteiger partial charge on any atom is -0.483 e. The largest absolute Gasteiger partial charge is 0.483 e. The summed E-state index contributed by atoms with van der Waals surface area (Å²) in [5.41, 5.74) is 4.06. The van der Waals surface area contributed by atoms with Crippen molar-refractivity contribution < 1.29 is 19.1 Å². The number of hydrogen-bond acceptors (Lipinski definition) is 5. The first-order valence-corrected chi connectivity index (χ1v) is 11.8. The van der Waals surface area contributed by atoms with E-state index in [2.05, 4.69) is 35.1 Å². The quantitative estimate of drug-likeness (QED) is 0.354. The van der Waals surface area contributed by atoms with Crippen LogP contribution in [0.15, 0.2) is 46.9 Å². The molecule has 0 saturated carbocycles. The lowest BCUT2D eigenvalue weighted by Crippen LogP contribution is -2.21. The molecule has 0 aliphatic carbocycles. The van der Waals surface area contributed by atoms with Gasteiger partial charge in [0.25, 0.3) is 5.91 Å². The third kappa shape index (κ3) is 5.22. The zero-order valence-electron chi connectivity index (χ0n) is 18.7. The molecule has 0 aliphatic heterocycles. The van der Waals surface area contributed by atoms with Gasteiger partial charge in [0.1, 0.15) is 16.3 Å². The first kappa shape index (κ1) is 24.0. The van der Waals surface area contributed by atoms with Crippen LogP contribution in [0.1, 0.15) is 46.1 Å². The number of anilines is 1. The molecular formula is C25H26BrNO4S. The second-order valence-corrected chi connectivity index (χ2v) is 9.80. The zero-order chi connectivity index (χ0) is 23.4. The van der Waals surface area contributed by atoms with Crippen LogP contribution in [0.3, 0.4) is 0 Å². The van der Waals surface area contributed by atoms with Crippen molar-refractivity contribution in [3.8, 4) is 16.9 Å². The van der Waals surface area contributed by atoms with Crippen LogP contribution in [-0.2, 0) is 9.53 Å². The molecule has 0 atom stereocenters. The standard InChI is InChI=1S/C25H26BrNO4S/c1-14(2)18-12-19(26)15(3)11-20(18)31-13-21(28)27-24-23(25(29)30-5)22(16(4)32-24)17-9-7-6-8-10-17/h6-12,14H,13H2,1-5H3,(H,27,28). The molecule has 7 heteroatoms. The fourth-order valence-electron chi connectivity index (χ4n) is 3.43. The number of aryl methyl sites for hydroxylation is 2. The molecule has 1 N–H and O–H groups in total. The number of ether oxygens (including phenoxy) is 2. The van der Waals surface area contributed by atoms with Gasteiger partial charge in [0.15, 0.2) is 6.61 Å². The third-order valence-electron chi connectivity index (χ3n) is 5.06. The average Bonchev–Trinajstić information content (AvgIpc) is 3.09. The second kappa shape index (κ2) is 10.3. The molecule has 32 heavy (non-hydrogen) atoms. The number of carbonyl (C=O) groups is 2. The van der Waals surface area contributed by atoms with Gasteiger partial charge in [-0.3, -0.25) is 4.79 Å². The van der Waals surface area contributed by atoms with Crippen molar-refractivity contribution in [1.82, 2.24) is 0 Å². The third-order valence-corrected chi connectivity index (χ3v) is 6.94. The number of hydrogen-bond donors (Lipinski definition) is 1. The van der Waals surface area contributed by atoms with Crippen LogP contribution in [0.2, 0.25) is 0 Å². The Kier molecular flexibility index (Phi) is 7.74. The minimum absolute atomic E-state index is 0.168. The molecule has 0 radical (unpaired) electrons. The van der Waals surface area contributed by atoms with E-state index in [1.807, 2.05) is 56.3 Å². The van der Waals surface area contributed by atoms with Crippen LogP contribution in [0.25, 0.3) is 11.1 Å². The van der Waals surface area contributed by atoms with Gasteiger partial charge in [-0.05, 0) is 48.6 Å². The number of methoxy groups -OCH3 is 1. The van der Waals surface area contributed by atoms with Crippen molar-refractivity contribution in [3.63, 3.8) is 0 Å². The predicted octanol–water partition coefficient (Wildman–Crippen LogP) is 6.72. The monoisotopic (exact) mass is 515 g/mol. The van der Waals surface area contributed by atoms with Crippen LogP contribution >= 0.6 is 27.3 Å². The van der Waals surface area contributed by atoms with E-state index in [0.717, 1.165) is 31.6 Å². The maximum atomic E-state index is 12.7. The van der Waals surface area contributed by atoms with Crippen LogP contribution in [0.5, 0.6) is 5.75 Å². The Hall–Kier alpha value is -2.64. The average molecular weight is 516 g/mol. The van der Waals surface area contributed by atoms with Gasteiger partial charge in [0.2, 0.25) is 0 Å². The highest BCUT2D eigenvalue weighted by atomic mass is 79.9. The molecule has 1 aromatic heterocycles. The van der Waals surface area contributed by atoms with Crippen molar-refractivity contribution in [2.45, 2.75) is 33.6 Å². The highest BCUT2D eigenvalue weighted by Gasteiger charge is 2.25. The van der Waals surface area contributed by atoms with E-state index >= 15 is 0 Å². The fourth-order valence-corrected chi connectivity index (χ4v) is 4.88. The van der Waals surface area contributed by atoms with Gasteiger partial charge >= 0.3 is 5.97 Å². The van der Waals surface area contributed by atoms with E-state index in [1.54, 1.807) is 0 Å². The van der Waals surface area contributed by atoms with E-state index < -0.39 is 5.97 Å². The van der Waals surface area contributed by atoms with Gasteiger partial charge in [-0.15, -0.1) is 11.3 Å². The van der Waals surface area contributed by atoms with E-state index in [0.29, 0.717) is 16.3 Å². The topological polar surface area (TPSA) is 64.6 Å². The van der Waals surface area contributed by atoms with Crippen LogP contribution in [0.4, 0.5) is 5.00 Å². The summed E-state index contributed by atoms with van der Waals surface area (Å²) in [7, 11) is 1.34. The van der Waals surface area contributed by atoms with E-state index in [1.165, 1.54) is 18.4 Å². The summed E-state index contributed by atoms with van der Waals surface area (Å²) in [6.07, 6.45) is 0. The molecule has 2 aromatic carbocycles. The summed E-state index contributed by atoms with van der Waals surface area (Å²) in [6, 6.07) is 13.5. The molecule has 1 heterocycles. The Morgan fingerprint density at radius 2 is 1.81 bits per heavy atom. The Morgan fingerprint density at radius 3 is 2.44 bits per heavy atom. The van der Waals surface area contributed by atoms with Crippen molar-refractivity contribution in [2.75, 3.05) is 19.0 Å². The molecule has 0 unspecified atom stereocenters. The lowest BCUT2D eigenvalue weighted by atomic mass is 10.0. The number of carbonyl (C=O) groups excluding carboxylic acids is 2. The Labute approximate surface area is 200 Å². The lowest BCUT2D eigenvalue weighted by molar-refractivity contribution is -0.118. The van der Waals surface area contributed by atoms with Gasteiger partial charge in [0.05, 0.1) is 7.11 Å². The fraction of sp³-hybridized carbons (Fsp3) is 0.280. The maximum absolute atomic E-state index is 12.7. The Balaban J connectivity index is 1.85. The summed E-state index contributed by atoms with van der Waals surface area (Å²) in [4.78, 5) is 26.3. The molecule has 1 amide bonds. The number of thiophene rings is 1. The van der Waals surface area contributed by atoms with E-state index in [4.69, 9.17) is 9.47 Å². The highest BCUT2D eigenvalue weighted by Crippen LogP contribution is 2.40. The molecule has 3 aromatic rings. The first-order chi connectivity index (χ1) is 15.2. The second-order valence-electron chi connectivity index (χ2n) is 7.73. The number of amides is 1. The van der Waals surface area contributed by atoms with Crippen molar-refractivity contribution in [2.24, 2.45) is 0 Å². The van der Waals surface area contributed by atoms with Crippen LogP contribution < -0.4 is 10.1 Å². The van der Waals surface area contributed by atoms with Gasteiger partial charge in [0, 0.05) is 14.9 Å². The van der Waals surface area contributed by atoms with Crippen molar-refractivity contribution in [3.05, 3.63) is 68.5 Å². The lowest BCUT2D eigenvalue weighted by Gasteiger charge is -2.16. The number of nitrogens with one attached hydrogen (secondary N) is 1. The first-order valence-electron chi connectivity index (χ1n) is 10.2. The molecule has 0 spiro atoms. The van der Waals surface area contributed by atoms with Gasteiger partial charge in [-0.1, -0.05) is 60.1 Å². The van der Waals surface area contributed by atoms with E-state index in [-0.39, 0.29) is 18.4 Å². The normalized spacial score (nSPS) is 10.8. The molecule has 0 fully saturated rings. The summed E-state index contributed by atoms with van der Waals surface area (Å²) < 4.78 is 11.9. The summed E-state index contributed by atoms with van der Waals surface area (Å²) in [6.45, 7) is 7.88. The highest BCUT2D eigenvalue weighted by molar-refractivity contribution is 9.10. The molecule has 168 valence electrons. The number of esters is 1. The van der Waals surface area contributed by atoms with Gasteiger partial charge < -0.3 is 14.8 Å². The summed E-state index contributed by atoms with van der Waals surface area (Å²) >= 11 is 4.90. The summed E-state index contributed by atoms with van der Waals surface area (Å²) in [5, 5.41) is 3.30. The minimum atomic E-state index is -0.491. The Morgan fingerprint density at radius 1 is 1.12 bits per heavy atom. The van der Waals surface area contributed by atoms with E-state index in [9.17, 15) is 9.59 Å². The van der Waals surface area contributed by atoms with Crippen LogP contribution in [-0.4, -0.2) is 25.6 Å². The maximum Gasteiger partial charge on any atom is 0.341 e.